The molecule has 1 aromatic rings. The Morgan fingerprint density at radius 3 is 2.45 bits per heavy atom. The van der Waals surface area contributed by atoms with Gasteiger partial charge in [-0.25, -0.2) is 0 Å². The summed E-state index contributed by atoms with van der Waals surface area (Å²) in [6, 6.07) is 9.37. The molecule has 1 aliphatic rings. The zero-order valence-corrected chi connectivity index (χ0v) is 11.6. The van der Waals surface area contributed by atoms with Gasteiger partial charge in [0.2, 0.25) is 0 Å². The molecule has 0 bridgehead atoms. The average molecular weight is 270 g/mol. The molecule has 1 aromatic carbocycles. The molecule has 1 saturated carbocycles. The van der Waals surface area contributed by atoms with Gasteiger partial charge in [0.05, 0.1) is 0 Å². The van der Waals surface area contributed by atoms with Crippen LogP contribution in [-0.4, -0.2) is 17.3 Å². The van der Waals surface area contributed by atoms with E-state index in [0.29, 0.717) is 12.8 Å². The summed E-state index contributed by atoms with van der Waals surface area (Å²) in [5.74, 6) is -0.928. The third-order valence-electron chi connectivity index (χ3n) is 3.93. The molecule has 1 fully saturated rings. The molecule has 0 spiro atoms. The topological polar surface area (TPSA) is 51.2 Å². The first-order valence-electron chi connectivity index (χ1n) is 6.89. The van der Waals surface area contributed by atoms with Gasteiger partial charge in [-0.2, -0.15) is 0 Å². The summed E-state index contributed by atoms with van der Waals surface area (Å²) in [5.41, 5.74) is -0.549. The first-order valence-corrected chi connectivity index (χ1v) is 6.89. The lowest BCUT2D eigenvalue weighted by atomic mass is 9.67. The van der Waals surface area contributed by atoms with Crippen LogP contribution in [0.1, 0.15) is 38.2 Å². The number of allylic oxidation sites excluding steroid dienone is 1. The molecule has 0 N–H and O–H groups in total. The molecular weight excluding hydrogens is 252 g/mol. The number of carbonyl (C=O) groups is 3. The van der Waals surface area contributed by atoms with Gasteiger partial charge in [0.1, 0.15) is 5.41 Å². The maximum absolute atomic E-state index is 12.4. The predicted molar refractivity (Wildman–Crippen MR) is 77.1 cm³/mol. The first-order chi connectivity index (χ1) is 9.57. The highest BCUT2D eigenvalue weighted by atomic mass is 16.2. The standard InChI is InChI=1S/C17H18O3/c1-13(18)17(12-6-5-9-15(17)19)16(20)11-10-14-7-3-2-4-8-14/h2-4,7-8,10-11H,5-6,9,12H2,1H3/b11-10+. The third-order valence-corrected chi connectivity index (χ3v) is 3.93. The summed E-state index contributed by atoms with van der Waals surface area (Å²) in [6.45, 7) is 1.34. The Hall–Kier alpha value is -2.03. The molecule has 3 heteroatoms. The Kier molecular flexibility index (Phi) is 4.28. The Morgan fingerprint density at radius 1 is 1.15 bits per heavy atom. The molecule has 2 rings (SSSR count). The van der Waals surface area contributed by atoms with E-state index in [2.05, 4.69) is 0 Å². The fraction of sp³-hybridized carbons (Fsp3) is 0.353. The third kappa shape index (κ3) is 2.62. The van der Waals surface area contributed by atoms with Gasteiger partial charge in [0.25, 0.3) is 0 Å². The average Bonchev–Trinajstić information content (AvgIpc) is 2.46. The SMILES string of the molecule is CC(=O)C1(C(=O)/C=C/c2ccccc2)CCCCC1=O. The number of benzene rings is 1. The smallest absolute Gasteiger partial charge is 0.176 e. The molecule has 0 aromatic heterocycles. The highest BCUT2D eigenvalue weighted by molar-refractivity contribution is 6.27. The quantitative estimate of drug-likeness (QED) is 0.624. The zero-order chi connectivity index (χ0) is 14.6. The molecule has 0 radical (unpaired) electrons. The minimum atomic E-state index is -1.43. The van der Waals surface area contributed by atoms with Crippen LogP contribution >= 0.6 is 0 Å². The predicted octanol–water partition coefficient (Wildman–Crippen LogP) is 2.99. The number of carbonyl (C=O) groups excluding carboxylic acids is 3. The molecular formula is C17H18O3. The van der Waals surface area contributed by atoms with Gasteiger partial charge in [0, 0.05) is 6.42 Å². The van der Waals surface area contributed by atoms with Crippen molar-refractivity contribution in [2.45, 2.75) is 32.6 Å². The monoisotopic (exact) mass is 270 g/mol. The van der Waals surface area contributed by atoms with E-state index < -0.39 is 5.41 Å². The maximum atomic E-state index is 12.4. The molecule has 1 unspecified atom stereocenters. The van der Waals surface area contributed by atoms with Gasteiger partial charge >= 0.3 is 0 Å². The van der Waals surface area contributed by atoms with Crippen LogP contribution < -0.4 is 0 Å². The molecule has 0 saturated heterocycles. The molecule has 1 atom stereocenters. The second kappa shape index (κ2) is 5.95. The van der Waals surface area contributed by atoms with Crippen LogP contribution in [0.4, 0.5) is 0 Å². The van der Waals surface area contributed by atoms with E-state index in [4.69, 9.17) is 0 Å². The van der Waals surface area contributed by atoms with Crippen molar-refractivity contribution in [1.29, 1.82) is 0 Å². The number of hydrogen-bond donors (Lipinski definition) is 0. The van der Waals surface area contributed by atoms with Crippen molar-refractivity contribution in [3.05, 3.63) is 42.0 Å². The normalized spacial score (nSPS) is 22.9. The van der Waals surface area contributed by atoms with E-state index in [1.807, 2.05) is 30.3 Å². The summed E-state index contributed by atoms with van der Waals surface area (Å²) in [4.78, 5) is 36.5. The van der Waals surface area contributed by atoms with Crippen molar-refractivity contribution in [2.75, 3.05) is 0 Å². The van der Waals surface area contributed by atoms with Crippen molar-refractivity contribution in [1.82, 2.24) is 0 Å². The number of ketones is 3. The van der Waals surface area contributed by atoms with Gasteiger partial charge in [-0.3, -0.25) is 14.4 Å². The van der Waals surface area contributed by atoms with E-state index in [-0.39, 0.29) is 17.3 Å². The van der Waals surface area contributed by atoms with Gasteiger partial charge in [0.15, 0.2) is 17.3 Å². The van der Waals surface area contributed by atoms with E-state index in [0.717, 1.165) is 18.4 Å². The minimum Gasteiger partial charge on any atom is -0.298 e. The first kappa shape index (κ1) is 14.4. The van der Waals surface area contributed by atoms with E-state index in [1.165, 1.54) is 13.0 Å². The van der Waals surface area contributed by atoms with Crippen molar-refractivity contribution < 1.29 is 14.4 Å². The number of rotatable bonds is 4. The molecule has 104 valence electrons. The lowest BCUT2D eigenvalue weighted by molar-refractivity contribution is -0.148. The zero-order valence-electron chi connectivity index (χ0n) is 11.6. The van der Waals surface area contributed by atoms with Gasteiger partial charge in [-0.05, 0) is 31.4 Å². The molecule has 3 nitrogen and oxygen atoms in total. The highest BCUT2D eigenvalue weighted by Crippen LogP contribution is 2.35. The Bertz CT molecular complexity index is 557. The van der Waals surface area contributed by atoms with Crippen LogP contribution in [0.3, 0.4) is 0 Å². The van der Waals surface area contributed by atoms with Crippen molar-refractivity contribution in [2.24, 2.45) is 5.41 Å². The second-order valence-electron chi connectivity index (χ2n) is 5.20. The van der Waals surface area contributed by atoms with Crippen molar-refractivity contribution in [3.63, 3.8) is 0 Å². The van der Waals surface area contributed by atoms with Crippen LogP contribution in [0.2, 0.25) is 0 Å². The van der Waals surface area contributed by atoms with Crippen LogP contribution in [-0.2, 0) is 14.4 Å². The van der Waals surface area contributed by atoms with Crippen LogP contribution in [0, 0.1) is 5.41 Å². The molecule has 1 aliphatic carbocycles. The molecule has 0 amide bonds. The molecule has 0 aliphatic heterocycles. The fourth-order valence-corrected chi connectivity index (χ4v) is 2.71. The molecule has 20 heavy (non-hydrogen) atoms. The summed E-state index contributed by atoms with van der Waals surface area (Å²) in [5, 5.41) is 0. The highest BCUT2D eigenvalue weighted by Gasteiger charge is 2.49. The summed E-state index contributed by atoms with van der Waals surface area (Å²) in [6.07, 6.45) is 5.22. The van der Waals surface area contributed by atoms with Crippen LogP contribution in [0.25, 0.3) is 6.08 Å². The summed E-state index contributed by atoms with van der Waals surface area (Å²) < 4.78 is 0. The summed E-state index contributed by atoms with van der Waals surface area (Å²) >= 11 is 0. The lowest BCUT2D eigenvalue weighted by Gasteiger charge is -2.30. The number of hydrogen-bond acceptors (Lipinski definition) is 3. The second-order valence-corrected chi connectivity index (χ2v) is 5.20. The Morgan fingerprint density at radius 2 is 1.85 bits per heavy atom. The van der Waals surface area contributed by atoms with E-state index >= 15 is 0 Å². The largest absolute Gasteiger partial charge is 0.298 e. The van der Waals surface area contributed by atoms with Crippen molar-refractivity contribution >= 4 is 23.4 Å². The van der Waals surface area contributed by atoms with Crippen LogP contribution in [0.5, 0.6) is 0 Å². The Labute approximate surface area is 118 Å². The molecule has 0 heterocycles. The Balaban J connectivity index is 2.26. The van der Waals surface area contributed by atoms with Crippen molar-refractivity contribution in [3.8, 4) is 0 Å². The maximum Gasteiger partial charge on any atom is 0.176 e. The van der Waals surface area contributed by atoms with Gasteiger partial charge in [-0.1, -0.05) is 42.8 Å². The van der Waals surface area contributed by atoms with Crippen LogP contribution in [0.15, 0.2) is 36.4 Å². The van der Waals surface area contributed by atoms with E-state index in [9.17, 15) is 14.4 Å². The van der Waals surface area contributed by atoms with Gasteiger partial charge in [-0.15, -0.1) is 0 Å². The van der Waals surface area contributed by atoms with E-state index in [1.54, 1.807) is 6.08 Å². The number of Topliss-reactive ketones (excluding diaryl/α,β-unsaturated/α-hetero) is 2. The minimum absolute atomic E-state index is 0.223. The summed E-state index contributed by atoms with van der Waals surface area (Å²) in [7, 11) is 0. The lowest BCUT2D eigenvalue weighted by Crippen LogP contribution is -2.46. The fourth-order valence-electron chi connectivity index (χ4n) is 2.71. The van der Waals surface area contributed by atoms with Gasteiger partial charge < -0.3 is 0 Å².